The van der Waals surface area contributed by atoms with Gasteiger partial charge in [-0.25, -0.2) is 4.79 Å². The first kappa shape index (κ1) is 13.7. The summed E-state index contributed by atoms with van der Waals surface area (Å²) in [7, 11) is 0. The van der Waals surface area contributed by atoms with Crippen LogP contribution < -0.4 is 10.1 Å². The summed E-state index contributed by atoms with van der Waals surface area (Å²) in [4.78, 5) is 21.1. The van der Waals surface area contributed by atoms with Gasteiger partial charge in [0.2, 0.25) is 0 Å². The number of ether oxygens (including phenoxy) is 1. The SMILES string of the molecule is O=CC1Cc2cc(OCCNC(=O)O)cc(Cl)c2C1. The molecule has 1 aromatic rings. The summed E-state index contributed by atoms with van der Waals surface area (Å²) < 4.78 is 5.43. The number of benzene rings is 1. The molecule has 0 aliphatic heterocycles. The van der Waals surface area contributed by atoms with Gasteiger partial charge in [-0.15, -0.1) is 0 Å². The highest BCUT2D eigenvalue weighted by Gasteiger charge is 2.24. The van der Waals surface area contributed by atoms with Crippen LogP contribution in [-0.2, 0) is 17.6 Å². The van der Waals surface area contributed by atoms with E-state index in [1.807, 2.05) is 6.07 Å². The summed E-state index contributed by atoms with van der Waals surface area (Å²) in [5.74, 6) is 0.596. The van der Waals surface area contributed by atoms with E-state index in [0.717, 1.165) is 17.4 Å². The monoisotopic (exact) mass is 283 g/mol. The van der Waals surface area contributed by atoms with Gasteiger partial charge in [0, 0.05) is 10.9 Å². The van der Waals surface area contributed by atoms with E-state index in [1.54, 1.807) is 6.07 Å². The Kier molecular flexibility index (Phi) is 4.27. The number of halogens is 1. The zero-order valence-electron chi connectivity index (χ0n) is 10.2. The van der Waals surface area contributed by atoms with Gasteiger partial charge in [-0.1, -0.05) is 11.6 Å². The van der Waals surface area contributed by atoms with Crippen molar-refractivity contribution >= 4 is 24.0 Å². The third kappa shape index (κ3) is 3.38. The van der Waals surface area contributed by atoms with Crippen molar-refractivity contribution in [3.63, 3.8) is 0 Å². The first-order chi connectivity index (χ1) is 9.10. The molecule has 1 aromatic carbocycles. The molecule has 0 aromatic heterocycles. The lowest BCUT2D eigenvalue weighted by Gasteiger charge is -2.09. The molecule has 1 aliphatic rings. The van der Waals surface area contributed by atoms with Crippen molar-refractivity contribution in [1.29, 1.82) is 0 Å². The molecular formula is C13H14ClNO4. The van der Waals surface area contributed by atoms with Crippen LogP contribution in [0.15, 0.2) is 12.1 Å². The molecule has 102 valence electrons. The number of rotatable bonds is 5. The lowest BCUT2D eigenvalue weighted by atomic mass is 10.1. The molecule has 2 N–H and O–H groups in total. The normalized spacial score (nSPS) is 16.8. The lowest BCUT2D eigenvalue weighted by molar-refractivity contribution is -0.110. The minimum absolute atomic E-state index is 0.00331. The number of hydrogen-bond acceptors (Lipinski definition) is 3. The Morgan fingerprint density at radius 3 is 3.00 bits per heavy atom. The van der Waals surface area contributed by atoms with Crippen LogP contribution in [0.5, 0.6) is 5.75 Å². The topological polar surface area (TPSA) is 75.6 Å². The summed E-state index contributed by atoms with van der Waals surface area (Å²) in [6.45, 7) is 0.444. The van der Waals surface area contributed by atoms with Crippen LogP contribution in [0.3, 0.4) is 0 Å². The fraction of sp³-hybridized carbons (Fsp3) is 0.385. The molecule has 19 heavy (non-hydrogen) atoms. The molecule has 0 bridgehead atoms. The summed E-state index contributed by atoms with van der Waals surface area (Å²) >= 11 is 6.15. The van der Waals surface area contributed by atoms with E-state index in [9.17, 15) is 9.59 Å². The van der Waals surface area contributed by atoms with E-state index in [-0.39, 0.29) is 19.1 Å². The van der Waals surface area contributed by atoms with E-state index in [4.69, 9.17) is 21.4 Å². The smallest absolute Gasteiger partial charge is 0.404 e. The molecule has 0 heterocycles. The largest absolute Gasteiger partial charge is 0.492 e. The molecule has 1 aliphatic carbocycles. The van der Waals surface area contributed by atoms with Crippen molar-refractivity contribution in [3.8, 4) is 5.75 Å². The maximum atomic E-state index is 10.8. The first-order valence-corrected chi connectivity index (χ1v) is 6.34. The predicted molar refractivity (Wildman–Crippen MR) is 69.9 cm³/mol. The first-order valence-electron chi connectivity index (χ1n) is 5.96. The minimum atomic E-state index is -1.08. The molecule has 0 fully saturated rings. The Morgan fingerprint density at radius 2 is 2.32 bits per heavy atom. The van der Waals surface area contributed by atoms with Gasteiger partial charge in [-0.2, -0.15) is 0 Å². The van der Waals surface area contributed by atoms with E-state index in [2.05, 4.69) is 5.32 Å². The van der Waals surface area contributed by atoms with Gasteiger partial charge in [0.25, 0.3) is 0 Å². The van der Waals surface area contributed by atoms with Crippen LogP contribution in [0.1, 0.15) is 11.1 Å². The number of carbonyl (C=O) groups is 2. The van der Waals surface area contributed by atoms with Crippen LogP contribution in [-0.4, -0.2) is 30.6 Å². The standard InChI is InChI=1S/C13H14ClNO4/c14-12-6-10(19-2-1-15-13(17)18)5-9-3-8(7-16)4-11(9)12/h5-8,15H,1-4H2,(H,17,18). The second-order valence-electron chi connectivity index (χ2n) is 4.43. The summed E-state index contributed by atoms with van der Waals surface area (Å²) in [5.41, 5.74) is 2.04. The molecule has 0 saturated heterocycles. The number of carboxylic acid groups (broad SMARTS) is 1. The van der Waals surface area contributed by atoms with Crippen LogP contribution in [0.2, 0.25) is 5.02 Å². The van der Waals surface area contributed by atoms with E-state index < -0.39 is 6.09 Å². The maximum absolute atomic E-state index is 10.8. The minimum Gasteiger partial charge on any atom is -0.492 e. The van der Waals surface area contributed by atoms with Gasteiger partial charge in [0.15, 0.2) is 0 Å². The molecule has 5 nitrogen and oxygen atoms in total. The third-order valence-electron chi connectivity index (χ3n) is 3.05. The number of fused-ring (bicyclic) bond motifs is 1. The highest BCUT2D eigenvalue weighted by molar-refractivity contribution is 6.31. The van der Waals surface area contributed by atoms with Crippen LogP contribution >= 0.6 is 11.6 Å². The predicted octanol–water partition coefficient (Wildman–Crippen LogP) is 1.90. The molecule has 0 saturated carbocycles. The summed E-state index contributed by atoms with van der Waals surface area (Å²) in [6.07, 6.45) is 1.24. The van der Waals surface area contributed by atoms with E-state index in [1.165, 1.54) is 0 Å². The van der Waals surface area contributed by atoms with Crippen LogP contribution in [0.4, 0.5) is 4.79 Å². The number of nitrogens with one attached hydrogen (secondary N) is 1. The number of hydrogen-bond donors (Lipinski definition) is 2. The number of carbonyl (C=O) groups excluding carboxylic acids is 1. The van der Waals surface area contributed by atoms with Gasteiger partial charge in [0.05, 0.1) is 6.54 Å². The zero-order valence-corrected chi connectivity index (χ0v) is 10.9. The Hall–Kier alpha value is -1.75. The lowest BCUT2D eigenvalue weighted by Crippen LogP contribution is -2.26. The van der Waals surface area contributed by atoms with Gasteiger partial charge in [-0.05, 0) is 36.1 Å². The average Bonchev–Trinajstić information content (AvgIpc) is 2.78. The van der Waals surface area contributed by atoms with Crippen molar-refractivity contribution in [2.75, 3.05) is 13.2 Å². The molecule has 1 unspecified atom stereocenters. The third-order valence-corrected chi connectivity index (χ3v) is 3.39. The Balaban J connectivity index is 1.99. The van der Waals surface area contributed by atoms with Crippen molar-refractivity contribution in [2.24, 2.45) is 5.92 Å². The van der Waals surface area contributed by atoms with Gasteiger partial charge >= 0.3 is 6.09 Å². The summed E-state index contributed by atoms with van der Waals surface area (Å²) in [5, 5.41) is 11.2. The van der Waals surface area contributed by atoms with E-state index >= 15 is 0 Å². The van der Waals surface area contributed by atoms with Crippen molar-refractivity contribution in [1.82, 2.24) is 5.32 Å². The second-order valence-corrected chi connectivity index (χ2v) is 4.83. The fourth-order valence-electron chi connectivity index (χ4n) is 2.20. The van der Waals surface area contributed by atoms with Gasteiger partial charge < -0.3 is 20.0 Å². The van der Waals surface area contributed by atoms with Crippen molar-refractivity contribution < 1.29 is 19.4 Å². The maximum Gasteiger partial charge on any atom is 0.404 e. The molecule has 0 radical (unpaired) electrons. The molecule has 2 rings (SSSR count). The average molecular weight is 284 g/mol. The molecular weight excluding hydrogens is 270 g/mol. The number of aldehydes is 1. The number of amides is 1. The van der Waals surface area contributed by atoms with Crippen LogP contribution in [0.25, 0.3) is 0 Å². The Labute approximate surface area is 115 Å². The fourth-order valence-corrected chi connectivity index (χ4v) is 2.51. The van der Waals surface area contributed by atoms with Gasteiger partial charge in [0.1, 0.15) is 18.6 Å². The molecule has 1 amide bonds. The second kappa shape index (κ2) is 5.93. The zero-order chi connectivity index (χ0) is 13.8. The highest BCUT2D eigenvalue weighted by atomic mass is 35.5. The Morgan fingerprint density at radius 1 is 1.53 bits per heavy atom. The van der Waals surface area contributed by atoms with Crippen molar-refractivity contribution in [3.05, 3.63) is 28.3 Å². The van der Waals surface area contributed by atoms with E-state index in [0.29, 0.717) is 23.6 Å². The van der Waals surface area contributed by atoms with Crippen LogP contribution in [0, 0.1) is 5.92 Å². The van der Waals surface area contributed by atoms with Gasteiger partial charge in [-0.3, -0.25) is 0 Å². The molecule has 1 atom stereocenters. The Bertz CT molecular complexity index is 504. The van der Waals surface area contributed by atoms with Crippen molar-refractivity contribution in [2.45, 2.75) is 12.8 Å². The highest BCUT2D eigenvalue weighted by Crippen LogP contribution is 2.35. The quantitative estimate of drug-likeness (QED) is 0.639. The molecule has 0 spiro atoms. The summed E-state index contributed by atoms with van der Waals surface area (Å²) in [6, 6.07) is 3.57. The molecule has 6 heteroatoms.